The van der Waals surface area contributed by atoms with Gasteiger partial charge in [0.25, 0.3) is 5.91 Å². The molecule has 1 aromatic heterocycles. The Bertz CT molecular complexity index is 514. The van der Waals surface area contributed by atoms with Gasteiger partial charge in [-0.05, 0) is 37.7 Å². The monoisotopic (exact) mass is 311 g/mol. The topological polar surface area (TPSA) is 88.2 Å². The van der Waals surface area contributed by atoms with E-state index in [0.717, 1.165) is 32.1 Å². The Hall–Kier alpha value is -1.33. The molecule has 0 aliphatic heterocycles. The molecule has 1 aliphatic carbocycles. The predicted molar refractivity (Wildman–Crippen MR) is 83.2 cm³/mol. The Balaban J connectivity index is 1.93. The highest BCUT2D eigenvalue weighted by Crippen LogP contribution is 2.33. The number of anilines is 1. The molecule has 1 heterocycles. The third-order valence-electron chi connectivity index (χ3n) is 4.34. The Morgan fingerprint density at radius 3 is 2.86 bits per heavy atom. The van der Waals surface area contributed by atoms with Crippen molar-refractivity contribution < 1.29 is 9.90 Å². The van der Waals surface area contributed by atoms with E-state index in [0.29, 0.717) is 11.5 Å². The first-order valence-electron chi connectivity index (χ1n) is 7.35. The maximum Gasteiger partial charge on any atom is 0.253 e. The Kier molecular flexibility index (Phi) is 5.06. The highest BCUT2D eigenvalue weighted by atomic mass is 35.5. The fraction of sp³-hybridized carbons (Fsp3) is 0.600. The molecule has 21 heavy (non-hydrogen) atoms. The highest BCUT2D eigenvalue weighted by Gasteiger charge is 2.33. The Morgan fingerprint density at radius 2 is 2.24 bits per heavy atom. The number of aromatic nitrogens is 1. The van der Waals surface area contributed by atoms with Crippen molar-refractivity contribution >= 4 is 23.2 Å². The van der Waals surface area contributed by atoms with Crippen LogP contribution in [0.1, 0.15) is 49.4 Å². The van der Waals surface area contributed by atoms with Gasteiger partial charge in [0.05, 0.1) is 23.0 Å². The van der Waals surface area contributed by atoms with E-state index in [9.17, 15) is 9.90 Å². The molecule has 1 aromatic rings. The number of halogens is 1. The number of carbonyl (C=O) groups is 1. The number of nitrogens with two attached hydrogens (primary N) is 1. The van der Waals surface area contributed by atoms with Crippen LogP contribution in [0.25, 0.3) is 0 Å². The van der Waals surface area contributed by atoms with Crippen molar-refractivity contribution in [2.24, 2.45) is 5.92 Å². The second kappa shape index (κ2) is 6.62. The third-order valence-corrected chi connectivity index (χ3v) is 4.54. The summed E-state index contributed by atoms with van der Waals surface area (Å²) in [6.45, 7) is 2.41. The predicted octanol–water partition coefficient (Wildman–Crippen LogP) is 2.38. The molecular formula is C15H22ClN3O2. The molecule has 0 aromatic carbocycles. The van der Waals surface area contributed by atoms with Gasteiger partial charge in [0.1, 0.15) is 5.15 Å². The number of nitrogens with one attached hydrogen (secondary N) is 1. The quantitative estimate of drug-likeness (QED) is 0.745. The lowest BCUT2D eigenvalue weighted by atomic mass is 9.78. The molecular weight excluding hydrogens is 290 g/mol. The number of nitrogens with zero attached hydrogens (tertiary/aromatic N) is 1. The second-order valence-electron chi connectivity index (χ2n) is 5.85. The standard InChI is InChI=1S/C15H22ClN3O2/c1-2-10-3-5-15(21,6-4-10)9-19-14(20)11-7-13(16)18-8-12(11)17/h7-8,10,21H,2-6,9,17H2,1H3,(H,19,20). The van der Waals surface area contributed by atoms with Gasteiger partial charge in [0, 0.05) is 6.54 Å². The van der Waals surface area contributed by atoms with Crippen LogP contribution in [0, 0.1) is 5.92 Å². The van der Waals surface area contributed by atoms with Gasteiger partial charge in [-0.15, -0.1) is 0 Å². The molecule has 0 spiro atoms. The van der Waals surface area contributed by atoms with Gasteiger partial charge in [0.2, 0.25) is 0 Å². The lowest BCUT2D eigenvalue weighted by molar-refractivity contribution is -0.00786. The van der Waals surface area contributed by atoms with Crippen LogP contribution in [-0.2, 0) is 0 Å². The number of carbonyl (C=O) groups excluding carboxylic acids is 1. The average Bonchev–Trinajstić information content (AvgIpc) is 2.48. The van der Waals surface area contributed by atoms with E-state index in [1.807, 2.05) is 0 Å². The lowest BCUT2D eigenvalue weighted by Gasteiger charge is -2.35. The molecule has 0 bridgehead atoms. The van der Waals surface area contributed by atoms with Crippen LogP contribution in [0.3, 0.4) is 0 Å². The average molecular weight is 312 g/mol. The zero-order chi connectivity index (χ0) is 15.5. The van der Waals surface area contributed by atoms with Crippen molar-refractivity contribution in [1.82, 2.24) is 10.3 Å². The normalized spacial score (nSPS) is 25.6. The number of amides is 1. The minimum absolute atomic E-state index is 0.219. The van der Waals surface area contributed by atoms with Crippen molar-refractivity contribution in [2.75, 3.05) is 12.3 Å². The molecule has 1 aliphatic rings. The molecule has 1 saturated carbocycles. The minimum Gasteiger partial charge on any atom is -0.397 e. The zero-order valence-electron chi connectivity index (χ0n) is 12.2. The summed E-state index contributed by atoms with van der Waals surface area (Å²) in [5.41, 5.74) is 5.48. The van der Waals surface area contributed by atoms with Crippen LogP contribution in [0.5, 0.6) is 0 Å². The van der Waals surface area contributed by atoms with Crippen LogP contribution in [0.4, 0.5) is 5.69 Å². The van der Waals surface area contributed by atoms with Gasteiger partial charge < -0.3 is 16.2 Å². The second-order valence-corrected chi connectivity index (χ2v) is 6.24. The lowest BCUT2D eigenvalue weighted by Crippen LogP contribution is -2.45. The van der Waals surface area contributed by atoms with Gasteiger partial charge in [-0.3, -0.25) is 4.79 Å². The molecule has 0 saturated heterocycles. The molecule has 2 rings (SSSR count). The minimum atomic E-state index is -0.813. The van der Waals surface area contributed by atoms with Gasteiger partial charge in [-0.2, -0.15) is 0 Å². The van der Waals surface area contributed by atoms with Gasteiger partial charge in [-0.25, -0.2) is 4.98 Å². The maximum atomic E-state index is 12.1. The van der Waals surface area contributed by atoms with Crippen molar-refractivity contribution in [3.8, 4) is 0 Å². The fourth-order valence-corrected chi connectivity index (χ4v) is 2.93. The number of hydrogen-bond acceptors (Lipinski definition) is 4. The summed E-state index contributed by atoms with van der Waals surface area (Å²) in [5.74, 6) is 0.360. The molecule has 1 fully saturated rings. The molecule has 1 amide bonds. The fourth-order valence-electron chi connectivity index (χ4n) is 2.78. The summed E-state index contributed by atoms with van der Waals surface area (Å²) in [5, 5.41) is 13.5. The Labute approximate surface area is 129 Å². The van der Waals surface area contributed by atoms with Gasteiger partial charge in [-0.1, -0.05) is 24.9 Å². The molecule has 116 valence electrons. The van der Waals surface area contributed by atoms with E-state index in [-0.39, 0.29) is 23.3 Å². The first-order chi connectivity index (χ1) is 9.93. The molecule has 0 atom stereocenters. The van der Waals surface area contributed by atoms with Crippen LogP contribution < -0.4 is 11.1 Å². The molecule has 4 N–H and O–H groups in total. The molecule has 6 heteroatoms. The molecule has 0 radical (unpaired) electrons. The Morgan fingerprint density at radius 1 is 1.57 bits per heavy atom. The summed E-state index contributed by atoms with van der Waals surface area (Å²) in [4.78, 5) is 15.9. The number of nitrogen functional groups attached to an aromatic ring is 1. The summed E-state index contributed by atoms with van der Waals surface area (Å²) >= 11 is 5.77. The van der Waals surface area contributed by atoms with E-state index < -0.39 is 5.60 Å². The number of aliphatic hydroxyl groups is 1. The van der Waals surface area contributed by atoms with E-state index in [4.69, 9.17) is 17.3 Å². The van der Waals surface area contributed by atoms with Crippen LogP contribution in [0.2, 0.25) is 5.15 Å². The van der Waals surface area contributed by atoms with Crippen molar-refractivity contribution in [2.45, 2.75) is 44.6 Å². The smallest absolute Gasteiger partial charge is 0.253 e. The van der Waals surface area contributed by atoms with E-state index in [1.165, 1.54) is 12.3 Å². The van der Waals surface area contributed by atoms with E-state index in [2.05, 4.69) is 17.2 Å². The van der Waals surface area contributed by atoms with Crippen LogP contribution >= 0.6 is 11.6 Å². The maximum absolute atomic E-state index is 12.1. The number of rotatable bonds is 4. The van der Waals surface area contributed by atoms with Crippen molar-refractivity contribution in [3.05, 3.63) is 23.0 Å². The van der Waals surface area contributed by atoms with E-state index >= 15 is 0 Å². The molecule has 0 unspecified atom stereocenters. The summed E-state index contributed by atoms with van der Waals surface area (Å²) in [6.07, 6.45) is 5.96. The van der Waals surface area contributed by atoms with Crippen molar-refractivity contribution in [1.29, 1.82) is 0 Å². The van der Waals surface area contributed by atoms with Crippen LogP contribution in [-0.4, -0.2) is 28.1 Å². The SMILES string of the molecule is CCC1CCC(O)(CNC(=O)c2cc(Cl)ncc2N)CC1. The summed E-state index contributed by atoms with van der Waals surface area (Å²) in [7, 11) is 0. The van der Waals surface area contributed by atoms with Gasteiger partial charge >= 0.3 is 0 Å². The largest absolute Gasteiger partial charge is 0.397 e. The molecule has 5 nitrogen and oxygen atoms in total. The summed E-state index contributed by atoms with van der Waals surface area (Å²) in [6, 6.07) is 1.43. The first-order valence-corrected chi connectivity index (χ1v) is 7.73. The number of hydrogen-bond donors (Lipinski definition) is 3. The summed E-state index contributed by atoms with van der Waals surface area (Å²) < 4.78 is 0. The van der Waals surface area contributed by atoms with E-state index in [1.54, 1.807) is 0 Å². The van der Waals surface area contributed by atoms with Crippen molar-refractivity contribution in [3.63, 3.8) is 0 Å². The third kappa shape index (κ3) is 4.08. The van der Waals surface area contributed by atoms with Gasteiger partial charge in [0.15, 0.2) is 0 Å². The number of pyridine rings is 1. The highest BCUT2D eigenvalue weighted by molar-refractivity contribution is 6.29. The first kappa shape index (κ1) is 16.0. The van der Waals surface area contributed by atoms with Crippen LogP contribution in [0.15, 0.2) is 12.3 Å². The zero-order valence-corrected chi connectivity index (χ0v) is 13.0.